The van der Waals surface area contributed by atoms with E-state index in [1.807, 2.05) is 6.26 Å². The van der Waals surface area contributed by atoms with E-state index in [9.17, 15) is 10.1 Å². The first kappa shape index (κ1) is 17.3. The zero-order chi connectivity index (χ0) is 15.0. The summed E-state index contributed by atoms with van der Waals surface area (Å²) >= 11 is 1.37. The number of ether oxygens (including phenoxy) is 1. The van der Waals surface area contributed by atoms with Crippen LogP contribution in [0, 0.1) is 16.0 Å². The van der Waals surface area contributed by atoms with Gasteiger partial charge >= 0.3 is 0 Å². The van der Waals surface area contributed by atoms with Crippen molar-refractivity contribution in [2.75, 3.05) is 39.6 Å². The van der Waals surface area contributed by atoms with Crippen LogP contribution < -0.4 is 5.32 Å². The molecule has 0 saturated carbocycles. The van der Waals surface area contributed by atoms with Gasteiger partial charge < -0.3 is 15.0 Å². The van der Waals surface area contributed by atoms with E-state index >= 15 is 0 Å². The monoisotopic (exact) mass is 303 g/mol. The standard InChI is InChI=1S/C13H25N3O3S/c1-11(14-13(20-3)9-16(17)18)4-6-15(2)8-12-5-7-19-10-12/h9,11-12,14H,4-8,10H2,1-3H3. The highest BCUT2D eigenvalue weighted by Crippen LogP contribution is 2.14. The van der Waals surface area contributed by atoms with Gasteiger partial charge in [0.2, 0.25) is 0 Å². The summed E-state index contributed by atoms with van der Waals surface area (Å²) < 4.78 is 5.37. The SMILES string of the molecule is CSC(=C[N+](=O)[O-])NC(C)CCN(C)CC1CCOC1. The van der Waals surface area contributed by atoms with Crippen molar-refractivity contribution >= 4 is 11.8 Å². The van der Waals surface area contributed by atoms with Crippen molar-refractivity contribution < 1.29 is 9.66 Å². The molecule has 116 valence electrons. The Morgan fingerprint density at radius 3 is 3.00 bits per heavy atom. The van der Waals surface area contributed by atoms with Crippen molar-refractivity contribution in [3.05, 3.63) is 21.3 Å². The quantitative estimate of drug-likeness (QED) is 0.517. The van der Waals surface area contributed by atoms with Crippen LogP contribution in [0.5, 0.6) is 0 Å². The lowest BCUT2D eigenvalue weighted by Crippen LogP contribution is -2.32. The van der Waals surface area contributed by atoms with Gasteiger partial charge in [-0.2, -0.15) is 0 Å². The van der Waals surface area contributed by atoms with Crippen LogP contribution in [0.15, 0.2) is 11.2 Å². The van der Waals surface area contributed by atoms with Gasteiger partial charge in [0, 0.05) is 19.2 Å². The molecule has 7 heteroatoms. The van der Waals surface area contributed by atoms with Gasteiger partial charge in [0.25, 0.3) is 6.20 Å². The lowest BCUT2D eigenvalue weighted by atomic mass is 10.1. The molecule has 1 rings (SSSR count). The molecule has 0 radical (unpaired) electrons. The molecule has 6 nitrogen and oxygen atoms in total. The molecule has 1 heterocycles. The summed E-state index contributed by atoms with van der Waals surface area (Å²) in [5.74, 6) is 0.652. The molecule has 1 N–H and O–H groups in total. The second kappa shape index (κ2) is 9.20. The van der Waals surface area contributed by atoms with Gasteiger partial charge in [0.15, 0.2) is 0 Å². The fourth-order valence-corrected chi connectivity index (χ4v) is 2.74. The Morgan fingerprint density at radius 2 is 2.45 bits per heavy atom. The molecule has 20 heavy (non-hydrogen) atoms. The van der Waals surface area contributed by atoms with Crippen molar-refractivity contribution in [3.63, 3.8) is 0 Å². The molecule has 1 aliphatic rings. The predicted molar refractivity (Wildman–Crippen MR) is 82.2 cm³/mol. The van der Waals surface area contributed by atoms with E-state index < -0.39 is 4.92 Å². The smallest absolute Gasteiger partial charge is 0.263 e. The van der Waals surface area contributed by atoms with Crippen LogP contribution in [0.4, 0.5) is 0 Å². The van der Waals surface area contributed by atoms with E-state index in [-0.39, 0.29) is 6.04 Å². The van der Waals surface area contributed by atoms with Crippen LogP contribution in [0.3, 0.4) is 0 Å². The molecule has 0 aromatic rings. The third-order valence-corrected chi connectivity index (χ3v) is 4.03. The Morgan fingerprint density at radius 1 is 1.70 bits per heavy atom. The maximum Gasteiger partial charge on any atom is 0.263 e. The first-order valence-corrected chi connectivity index (χ1v) is 8.16. The third kappa shape index (κ3) is 7.12. The molecule has 0 aromatic heterocycles. The Kier molecular flexibility index (Phi) is 7.94. The topological polar surface area (TPSA) is 67.6 Å². The van der Waals surface area contributed by atoms with E-state index in [0.717, 1.165) is 45.3 Å². The molecule has 1 saturated heterocycles. The fourth-order valence-electron chi connectivity index (χ4n) is 2.23. The van der Waals surface area contributed by atoms with Crippen molar-refractivity contribution in [1.82, 2.24) is 10.2 Å². The first-order valence-electron chi connectivity index (χ1n) is 6.93. The Bertz CT molecular complexity index is 333. The number of rotatable bonds is 9. The molecule has 0 aliphatic carbocycles. The van der Waals surface area contributed by atoms with Crippen LogP contribution in [0.25, 0.3) is 0 Å². The minimum absolute atomic E-state index is 0.218. The van der Waals surface area contributed by atoms with Crippen molar-refractivity contribution in [3.8, 4) is 0 Å². The minimum atomic E-state index is -0.419. The number of nitrogens with zero attached hydrogens (tertiary/aromatic N) is 2. The Balaban J connectivity index is 2.23. The molecule has 0 bridgehead atoms. The summed E-state index contributed by atoms with van der Waals surface area (Å²) in [5, 5.41) is 14.2. The average Bonchev–Trinajstić information content (AvgIpc) is 2.87. The molecule has 0 spiro atoms. The molecule has 1 aliphatic heterocycles. The van der Waals surface area contributed by atoms with E-state index in [1.165, 1.54) is 11.8 Å². The Hall–Kier alpha value is -0.790. The zero-order valence-corrected chi connectivity index (χ0v) is 13.3. The summed E-state index contributed by atoms with van der Waals surface area (Å²) in [6.07, 6.45) is 4.97. The van der Waals surface area contributed by atoms with Crippen LogP contribution >= 0.6 is 11.8 Å². The summed E-state index contributed by atoms with van der Waals surface area (Å²) in [7, 11) is 2.12. The highest BCUT2D eigenvalue weighted by Gasteiger charge is 2.17. The minimum Gasteiger partial charge on any atom is -0.381 e. The maximum absolute atomic E-state index is 10.5. The van der Waals surface area contributed by atoms with Gasteiger partial charge in [-0.05, 0) is 45.5 Å². The molecular formula is C13H25N3O3S. The molecule has 0 aromatic carbocycles. The molecule has 0 amide bonds. The highest BCUT2D eigenvalue weighted by molar-refractivity contribution is 8.02. The third-order valence-electron chi connectivity index (χ3n) is 3.37. The zero-order valence-electron chi connectivity index (χ0n) is 12.5. The van der Waals surface area contributed by atoms with Gasteiger partial charge in [-0.25, -0.2) is 0 Å². The van der Waals surface area contributed by atoms with Gasteiger partial charge in [0.1, 0.15) is 5.03 Å². The van der Waals surface area contributed by atoms with E-state index in [0.29, 0.717) is 10.9 Å². The summed E-state index contributed by atoms with van der Waals surface area (Å²) in [6, 6.07) is 0.218. The van der Waals surface area contributed by atoms with Crippen LogP contribution in [-0.4, -0.2) is 55.5 Å². The van der Waals surface area contributed by atoms with Crippen LogP contribution in [-0.2, 0) is 4.74 Å². The molecule has 1 fully saturated rings. The van der Waals surface area contributed by atoms with Crippen molar-refractivity contribution in [1.29, 1.82) is 0 Å². The summed E-state index contributed by atoms with van der Waals surface area (Å²) in [4.78, 5) is 12.4. The number of hydrogen-bond acceptors (Lipinski definition) is 6. The van der Waals surface area contributed by atoms with Gasteiger partial charge in [-0.1, -0.05) is 0 Å². The number of thioether (sulfide) groups is 1. The van der Waals surface area contributed by atoms with Crippen molar-refractivity contribution in [2.45, 2.75) is 25.8 Å². The van der Waals surface area contributed by atoms with Crippen LogP contribution in [0.2, 0.25) is 0 Å². The second-order valence-corrected chi connectivity index (χ2v) is 6.16. The first-order chi connectivity index (χ1) is 9.51. The van der Waals surface area contributed by atoms with Gasteiger partial charge in [-0.15, -0.1) is 11.8 Å². The lowest BCUT2D eigenvalue weighted by Gasteiger charge is -2.22. The lowest BCUT2D eigenvalue weighted by molar-refractivity contribution is -0.403. The summed E-state index contributed by atoms with van der Waals surface area (Å²) in [6.45, 7) is 5.85. The van der Waals surface area contributed by atoms with Crippen molar-refractivity contribution in [2.24, 2.45) is 5.92 Å². The highest BCUT2D eigenvalue weighted by atomic mass is 32.2. The van der Waals surface area contributed by atoms with E-state index in [2.05, 4.69) is 24.2 Å². The second-order valence-electron chi connectivity index (χ2n) is 5.31. The van der Waals surface area contributed by atoms with Gasteiger partial charge in [0.05, 0.1) is 11.5 Å². The number of nitrogens with one attached hydrogen (secondary N) is 1. The molecular weight excluding hydrogens is 278 g/mol. The largest absolute Gasteiger partial charge is 0.381 e. The number of hydrogen-bond donors (Lipinski definition) is 1. The molecule has 2 unspecified atom stereocenters. The Labute approximate surface area is 125 Å². The van der Waals surface area contributed by atoms with Crippen LogP contribution in [0.1, 0.15) is 19.8 Å². The molecule has 2 atom stereocenters. The van der Waals surface area contributed by atoms with E-state index in [1.54, 1.807) is 0 Å². The predicted octanol–water partition coefficient (Wildman–Crippen LogP) is 1.76. The van der Waals surface area contributed by atoms with Gasteiger partial charge in [-0.3, -0.25) is 10.1 Å². The maximum atomic E-state index is 10.5. The van der Waals surface area contributed by atoms with E-state index in [4.69, 9.17) is 4.74 Å². The fraction of sp³-hybridized carbons (Fsp3) is 0.846. The summed E-state index contributed by atoms with van der Waals surface area (Å²) in [5.41, 5.74) is 0. The average molecular weight is 303 g/mol. The normalized spacial score (nSPS) is 21.2. The number of nitro groups is 1.